The van der Waals surface area contributed by atoms with Gasteiger partial charge < -0.3 is 16.0 Å². The Labute approximate surface area is 146 Å². The molecule has 2 aromatic heterocycles. The first-order valence-corrected chi connectivity index (χ1v) is 8.85. The summed E-state index contributed by atoms with van der Waals surface area (Å²) >= 11 is 0. The number of aromatic nitrogens is 3. The van der Waals surface area contributed by atoms with E-state index in [4.69, 9.17) is 10.7 Å². The van der Waals surface area contributed by atoms with E-state index in [1.807, 2.05) is 13.0 Å². The topological polar surface area (TPSA) is 97.0 Å². The van der Waals surface area contributed by atoms with E-state index in [-0.39, 0.29) is 11.9 Å². The number of carbonyl (C=O) groups excluding carboxylic acids is 1. The fraction of sp³-hybridized carbons (Fsp3) is 0.444. The van der Waals surface area contributed by atoms with Crippen LogP contribution in [0.2, 0.25) is 0 Å². The molecular formula is C18H22N6O. The third-order valence-electron chi connectivity index (χ3n) is 5.11. The van der Waals surface area contributed by atoms with Crippen LogP contribution < -0.4 is 16.0 Å². The van der Waals surface area contributed by atoms with Gasteiger partial charge in [0.1, 0.15) is 11.7 Å². The Morgan fingerprint density at radius 2 is 2.12 bits per heavy atom. The number of nitrogens with two attached hydrogens (primary N) is 1. The minimum Gasteiger partial charge on any atom is -0.397 e. The molecule has 0 bridgehead atoms. The molecule has 0 spiro atoms. The molecule has 7 heteroatoms. The van der Waals surface area contributed by atoms with E-state index in [0.717, 1.165) is 30.6 Å². The summed E-state index contributed by atoms with van der Waals surface area (Å²) in [5.74, 6) is 1.40. The highest BCUT2D eigenvalue weighted by Crippen LogP contribution is 2.38. The van der Waals surface area contributed by atoms with Gasteiger partial charge in [-0.1, -0.05) is 19.8 Å². The van der Waals surface area contributed by atoms with Gasteiger partial charge in [-0.25, -0.2) is 9.97 Å². The van der Waals surface area contributed by atoms with Gasteiger partial charge in [-0.15, -0.1) is 0 Å². The fourth-order valence-corrected chi connectivity index (χ4v) is 3.88. The van der Waals surface area contributed by atoms with Crippen molar-refractivity contribution in [3.63, 3.8) is 0 Å². The van der Waals surface area contributed by atoms with Gasteiger partial charge in [0.05, 0.1) is 18.1 Å². The van der Waals surface area contributed by atoms with Crippen molar-refractivity contribution in [2.24, 2.45) is 0 Å². The second-order valence-corrected chi connectivity index (χ2v) is 6.65. The minimum absolute atomic E-state index is 0.0293. The zero-order chi connectivity index (χ0) is 17.4. The highest BCUT2D eigenvalue weighted by molar-refractivity contribution is 6.03. The molecule has 2 aliphatic rings. The number of carbonyl (C=O) groups is 1. The molecule has 3 heterocycles. The summed E-state index contributed by atoms with van der Waals surface area (Å²) in [5.41, 5.74) is 8.02. The first-order valence-electron chi connectivity index (χ1n) is 8.85. The van der Waals surface area contributed by atoms with Crippen LogP contribution >= 0.6 is 0 Å². The van der Waals surface area contributed by atoms with Crippen LogP contribution in [0.4, 0.5) is 17.2 Å². The summed E-state index contributed by atoms with van der Waals surface area (Å²) in [7, 11) is 0. The van der Waals surface area contributed by atoms with E-state index in [0.29, 0.717) is 23.2 Å². The lowest BCUT2D eigenvalue weighted by molar-refractivity contribution is -0.117. The van der Waals surface area contributed by atoms with Gasteiger partial charge in [0.25, 0.3) is 0 Å². The molecule has 130 valence electrons. The molecule has 0 radical (unpaired) electrons. The Hall–Kier alpha value is -2.70. The van der Waals surface area contributed by atoms with Crippen molar-refractivity contribution in [3.05, 3.63) is 24.7 Å². The molecule has 7 nitrogen and oxygen atoms in total. The normalized spacial score (nSPS) is 20.4. The Morgan fingerprint density at radius 1 is 1.32 bits per heavy atom. The standard InChI is InChI=1S/C18H22N6O/c1-2-15-18(25)22-14-10-21-16(12-7-8-20-9-13(12)19)23-17(14)24(15)11-5-3-4-6-11/h7-11,15H,2-6,19H2,1H3,(H,22,25). The number of nitrogens with zero attached hydrogens (tertiary/aromatic N) is 4. The largest absolute Gasteiger partial charge is 0.397 e. The zero-order valence-corrected chi connectivity index (χ0v) is 14.3. The van der Waals surface area contributed by atoms with Crippen molar-refractivity contribution < 1.29 is 4.79 Å². The Morgan fingerprint density at radius 3 is 2.84 bits per heavy atom. The molecule has 1 aliphatic carbocycles. The van der Waals surface area contributed by atoms with E-state index in [1.54, 1.807) is 18.6 Å². The molecule has 3 N–H and O–H groups in total. The number of hydrogen-bond donors (Lipinski definition) is 2. The molecule has 0 aromatic carbocycles. The molecule has 1 fully saturated rings. The number of pyridine rings is 1. The number of hydrogen-bond acceptors (Lipinski definition) is 6. The van der Waals surface area contributed by atoms with Gasteiger partial charge in [-0.2, -0.15) is 0 Å². The second kappa shape index (κ2) is 6.31. The highest BCUT2D eigenvalue weighted by Gasteiger charge is 2.38. The lowest BCUT2D eigenvalue weighted by atomic mass is 10.0. The number of fused-ring (bicyclic) bond motifs is 1. The van der Waals surface area contributed by atoms with Crippen molar-refractivity contribution in [2.75, 3.05) is 16.0 Å². The lowest BCUT2D eigenvalue weighted by Crippen LogP contribution is -2.52. The van der Waals surface area contributed by atoms with Crippen LogP contribution in [0.1, 0.15) is 39.0 Å². The van der Waals surface area contributed by atoms with Crippen molar-refractivity contribution in [1.29, 1.82) is 0 Å². The lowest BCUT2D eigenvalue weighted by Gasteiger charge is -2.40. The van der Waals surface area contributed by atoms with Crippen LogP contribution in [0.15, 0.2) is 24.7 Å². The summed E-state index contributed by atoms with van der Waals surface area (Å²) in [4.78, 5) is 28.0. The number of rotatable bonds is 3. The molecule has 0 saturated heterocycles. The average molecular weight is 338 g/mol. The molecule has 1 unspecified atom stereocenters. The Bertz CT molecular complexity index is 802. The predicted octanol–water partition coefficient (Wildman–Crippen LogP) is 2.60. The molecular weight excluding hydrogens is 316 g/mol. The van der Waals surface area contributed by atoms with E-state index in [9.17, 15) is 4.79 Å². The van der Waals surface area contributed by atoms with Gasteiger partial charge >= 0.3 is 0 Å². The maximum Gasteiger partial charge on any atom is 0.247 e. The molecule has 25 heavy (non-hydrogen) atoms. The van der Waals surface area contributed by atoms with Crippen molar-refractivity contribution in [2.45, 2.75) is 51.1 Å². The van der Waals surface area contributed by atoms with Crippen molar-refractivity contribution >= 4 is 23.1 Å². The third-order valence-corrected chi connectivity index (χ3v) is 5.11. The van der Waals surface area contributed by atoms with Gasteiger partial charge in [0.2, 0.25) is 5.91 Å². The van der Waals surface area contributed by atoms with Crippen LogP contribution in [0.25, 0.3) is 11.4 Å². The van der Waals surface area contributed by atoms with Gasteiger partial charge in [-0.05, 0) is 25.3 Å². The molecule has 1 saturated carbocycles. The zero-order valence-electron chi connectivity index (χ0n) is 14.3. The first-order chi connectivity index (χ1) is 12.2. The summed E-state index contributed by atoms with van der Waals surface area (Å²) in [5, 5.41) is 2.96. The average Bonchev–Trinajstić information content (AvgIpc) is 3.15. The smallest absolute Gasteiger partial charge is 0.247 e. The van der Waals surface area contributed by atoms with E-state index in [2.05, 4.69) is 20.2 Å². The third kappa shape index (κ3) is 2.69. The summed E-state index contributed by atoms with van der Waals surface area (Å²) in [6, 6.07) is 1.98. The quantitative estimate of drug-likeness (QED) is 0.893. The van der Waals surface area contributed by atoms with Crippen LogP contribution in [0, 0.1) is 0 Å². The maximum atomic E-state index is 12.5. The first kappa shape index (κ1) is 15.8. The molecule has 1 amide bonds. The fourth-order valence-electron chi connectivity index (χ4n) is 3.88. The molecule has 1 aliphatic heterocycles. The summed E-state index contributed by atoms with van der Waals surface area (Å²) in [6.07, 6.45) is 10.3. The van der Waals surface area contributed by atoms with Crippen LogP contribution in [0.3, 0.4) is 0 Å². The summed E-state index contributed by atoms with van der Waals surface area (Å²) in [6.45, 7) is 2.04. The van der Waals surface area contributed by atoms with Crippen molar-refractivity contribution in [3.8, 4) is 11.4 Å². The van der Waals surface area contributed by atoms with Crippen LogP contribution in [-0.4, -0.2) is 32.9 Å². The van der Waals surface area contributed by atoms with E-state index < -0.39 is 0 Å². The van der Waals surface area contributed by atoms with E-state index >= 15 is 0 Å². The maximum absolute atomic E-state index is 12.5. The number of anilines is 3. The highest BCUT2D eigenvalue weighted by atomic mass is 16.2. The van der Waals surface area contributed by atoms with Gasteiger partial charge in [0.15, 0.2) is 11.6 Å². The van der Waals surface area contributed by atoms with Crippen LogP contribution in [0.5, 0.6) is 0 Å². The summed E-state index contributed by atoms with van der Waals surface area (Å²) < 4.78 is 0. The second-order valence-electron chi connectivity index (χ2n) is 6.65. The Kier molecular flexibility index (Phi) is 3.99. The van der Waals surface area contributed by atoms with Crippen LogP contribution in [-0.2, 0) is 4.79 Å². The molecule has 4 rings (SSSR count). The SMILES string of the molecule is CCC1C(=O)Nc2cnc(-c3ccncc3N)nc2N1C1CCCC1. The molecule has 2 aromatic rings. The number of nitrogens with one attached hydrogen (secondary N) is 1. The minimum atomic E-state index is -0.187. The number of nitrogen functional groups attached to an aromatic ring is 1. The van der Waals surface area contributed by atoms with Gasteiger partial charge in [0, 0.05) is 17.8 Å². The molecule has 1 atom stereocenters. The predicted molar refractivity (Wildman–Crippen MR) is 97.1 cm³/mol. The van der Waals surface area contributed by atoms with Crippen molar-refractivity contribution in [1.82, 2.24) is 15.0 Å². The van der Waals surface area contributed by atoms with Gasteiger partial charge in [-0.3, -0.25) is 9.78 Å². The number of amides is 1. The Balaban J connectivity index is 1.82. The van der Waals surface area contributed by atoms with E-state index in [1.165, 1.54) is 12.8 Å². The monoisotopic (exact) mass is 338 g/mol.